The molecule has 0 amide bonds. The molecule has 8 heteroatoms. The summed E-state index contributed by atoms with van der Waals surface area (Å²) in [5.41, 5.74) is 1.62. The third kappa shape index (κ3) is 3.72. The molecule has 0 aliphatic rings. The number of aromatic nitrogens is 2. The van der Waals surface area contributed by atoms with Crippen molar-refractivity contribution in [1.29, 1.82) is 0 Å². The summed E-state index contributed by atoms with van der Waals surface area (Å²) >= 11 is 11.9. The van der Waals surface area contributed by atoms with Gasteiger partial charge in [-0.1, -0.05) is 0 Å². The van der Waals surface area contributed by atoms with Crippen molar-refractivity contribution in [2.75, 3.05) is 20.6 Å². The van der Waals surface area contributed by atoms with Crippen LogP contribution in [0.3, 0.4) is 0 Å². The zero-order valence-electron chi connectivity index (χ0n) is 11.0. The first-order valence-corrected chi connectivity index (χ1v) is 9.08. The lowest BCUT2D eigenvalue weighted by molar-refractivity contribution is 0.204. The molecule has 2 heterocycles. The van der Waals surface area contributed by atoms with Gasteiger partial charge in [0, 0.05) is 12.1 Å². The van der Waals surface area contributed by atoms with Crippen LogP contribution in [0.15, 0.2) is 24.3 Å². The minimum absolute atomic E-state index is 0.717. The standard InChI is InChI=1S/C12H14Br3N3OS/c1-17(2)3-4-18-10(8(13)6-16-18)11(19)7-5-9(14)20-12(7)15/h5-6,11,19H,3-4H2,1-2H3. The Kier molecular flexibility index (Phi) is 5.84. The van der Waals surface area contributed by atoms with Gasteiger partial charge in [0.2, 0.25) is 0 Å². The van der Waals surface area contributed by atoms with E-state index in [4.69, 9.17) is 0 Å². The van der Waals surface area contributed by atoms with Crippen LogP contribution >= 0.6 is 59.1 Å². The number of hydrogen-bond donors (Lipinski definition) is 1. The van der Waals surface area contributed by atoms with E-state index in [1.807, 2.05) is 24.8 Å². The van der Waals surface area contributed by atoms with Crippen LogP contribution in [0.2, 0.25) is 0 Å². The maximum Gasteiger partial charge on any atom is 0.124 e. The average molecular weight is 488 g/mol. The Morgan fingerprint density at radius 3 is 2.65 bits per heavy atom. The number of thiophene rings is 1. The maximum atomic E-state index is 10.7. The number of nitrogens with zero attached hydrogens (tertiary/aromatic N) is 3. The summed E-state index contributed by atoms with van der Waals surface area (Å²) in [6, 6.07) is 1.93. The normalized spacial score (nSPS) is 13.2. The van der Waals surface area contributed by atoms with Gasteiger partial charge < -0.3 is 10.0 Å². The first-order chi connectivity index (χ1) is 9.40. The van der Waals surface area contributed by atoms with E-state index in [-0.39, 0.29) is 0 Å². The summed E-state index contributed by atoms with van der Waals surface area (Å²) in [6.45, 7) is 1.59. The number of hydrogen-bond acceptors (Lipinski definition) is 4. The van der Waals surface area contributed by atoms with Crippen LogP contribution in [-0.4, -0.2) is 40.4 Å². The molecule has 2 rings (SSSR count). The zero-order chi connectivity index (χ0) is 14.9. The first-order valence-electron chi connectivity index (χ1n) is 5.89. The van der Waals surface area contributed by atoms with Gasteiger partial charge in [-0.3, -0.25) is 4.68 Å². The SMILES string of the molecule is CN(C)CCn1ncc(Br)c1C(O)c1cc(Br)sc1Br. The van der Waals surface area contributed by atoms with Gasteiger partial charge in [0.05, 0.1) is 30.5 Å². The second-order valence-electron chi connectivity index (χ2n) is 4.59. The van der Waals surface area contributed by atoms with Gasteiger partial charge in [-0.15, -0.1) is 11.3 Å². The average Bonchev–Trinajstić information content (AvgIpc) is 2.89. The Balaban J connectivity index is 2.31. The summed E-state index contributed by atoms with van der Waals surface area (Å²) in [5.74, 6) is 0. The highest BCUT2D eigenvalue weighted by Gasteiger charge is 2.23. The molecule has 110 valence electrons. The van der Waals surface area contributed by atoms with Gasteiger partial charge >= 0.3 is 0 Å². The fourth-order valence-electron chi connectivity index (χ4n) is 1.80. The highest BCUT2D eigenvalue weighted by Crippen LogP contribution is 2.39. The van der Waals surface area contributed by atoms with Gasteiger partial charge in [0.15, 0.2) is 0 Å². The molecule has 2 aromatic rings. The molecule has 0 aliphatic heterocycles. The monoisotopic (exact) mass is 485 g/mol. The fraction of sp³-hybridized carbons (Fsp3) is 0.417. The molecular weight excluding hydrogens is 474 g/mol. The van der Waals surface area contributed by atoms with Crippen molar-refractivity contribution in [2.45, 2.75) is 12.6 Å². The lowest BCUT2D eigenvalue weighted by Crippen LogP contribution is -2.21. The van der Waals surface area contributed by atoms with Crippen molar-refractivity contribution in [3.63, 3.8) is 0 Å². The Morgan fingerprint density at radius 2 is 2.10 bits per heavy atom. The third-order valence-electron chi connectivity index (χ3n) is 2.83. The Labute approximate surface area is 147 Å². The van der Waals surface area contributed by atoms with Crippen molar-refractivity contribution in [3.05, 3.63) is 35.6 Å². The molecule has 0 radical (unpaired) electrons. The van der Waals surface area contributed by atoms with Crippen molar-refractivity contribution in [2.24, 2.45) is 0 Å². The predicted octanol–water partition coefficient (Wildman–Crippen LogP) is 3.88. The largest absolute Gasteiger partial charge is 0.382 e. The van der Waals surface area contributed by atoms with Gasteiger partial charge in [0.25, 0.3) is 0 Å². The molecule has 2 aromatic heterocycles. The van der Waals surface area contributed by atoms with Gasteiger partial charge in [0.1, 0.15) is 6.10 Å². The molecule has 4 nitrogen and oxygen atoms in total. The molecule has 1 N–H and O–H groups in total. The molecular formula is C12H14Br3N3OS. The van der Waals surface area contributed by atoms with Crippen molar-refractivity contribution >= 4 is 59.1 Å². The molecule has 0 fully saturated rings. The lowest BCUT2D eigenvalue weighted by Gasteiger charge is -2.16. The van der Waals surface area contributed by atoms with Crippen LogP contribution in [0.1, 0.15) is 17.4 Å². The Bertz CT molecular complexity index is 597. The van der Waals surface area contributed by atoms with E-state index >= 15 is 0 Å². The van der Waals surface area contributed by atoms with E-state index in [0.717, 1.165) is 36.4 Å². The topological polar surface area (TPSA) is 41.3 Å². The highest BCUT2D eigenvalue weighted by molar-refractivity contribution is 9.12. The molecule has 0 saturated heterocycles. The minimum atomic E-state index is -0.717. The van der Waals surface area contributed by atoms with E-state index < -0.39 is 6.10 Å². The number of aliphatic hydroxyl groups excluding tert-OH is 1. The van der Waals surface area contributed by atoms with Crippen molar-refractivity contribution < 1.29 is 5.11 Å². The molecule has 20 heavy (non-hydrogen) atoms. The van der Waals surface area contributed by atoms with E-state index in [1.165, 1.54) is 0 Å². The molecule has 0 aliphatic carbocycles. The number of rotatable bonds is 5. The number of aliphatic hydroxyl groups is 1. The Morgan fingerprint density at radius 1 is 1.40 bits per heavy atom. The second kappa shape index (κ2) is 7.02. The van der Waals surface area contributed by atoms with Crippen LogP contribution < -0.4 is 0 Å². The first kappa shape index (κ1) is 16.6. The van der Waals surface area contributed by atoms with Gasteiger partial charge in [-0.25, -0.2) is 0 Å². The van der Waals surface area contributed by atoms with Crippen LogP contribution in [0.5, 0.6) is 0 Å². The van der Waals surface area contributed by atoms with Crippen molar-refractivity contribution in [3.8, 4) is 0 Å². The molecule has 0 spiro atoms. The summed E-state index contributed by atoms with van der Waals surface area (Å²) in [6.07, 6.45) is 1.01. The van der Waals surface area contributed by atoms with Crippen molar-refractivity contribution in [1.82, 2.24) is 14.7 Å². The number of likely N-dealkylation sites (N-methyl/N-ethyl adjacent to an activating group) is 1. The van der Waals surface area contributed by atoms with Gasteiger partial charge in [-0.2, -0.15) is 5.10 Å². The summed E-state index contributed by atoms with van der Waals surface area (Å²) < 4.78 is 4.56. The third-order valence-corrected chi connectivity index (χ3v) is 5.83. The lowest BCUT2D eigenvalue weighted by atomic mass is 10.1. The predicted molar refractivity (Wildman–Crippen MR) is 92.3 cm³/mol. The second-order valence-corrected chi connectivity index (χ2v) is 9.19. The van der Waals surface area contributed by atoms with E-state index in [2.05, 4.69) is 57.8 Å². The highest BCUT2D eigenvalue weighted by atomic mass is 79.9. The molecule has 1 atom stereocenters. The number of halogens is 3. The fourth-order valence-corrected chi connectivity index (χ4v) is 5.20. The smallest absolute Gasteiger partial charge is 0.124 e. The van der Waals surface area contributed by atoms with E-state index in [9.17, 15) is 5.11 Å². The molecule has 0 aromatic carbocycles. The van der Waals surface area contributed by atoms with E-state index in [0.29, 0.717) is 0 Å². The Hall–Kier alpha value is 0.270. The summed E-state index contributed by atoms with van der Waals surface area (Å²) in [5, 5.41) is 15.0. The van der Waals surface area contributed by atoms with Crippen LogP contribution in [-0.2, 0) is 6.54 Å². The minimum Gasteiger partial charge on any atom is -0.382 e. The molecule has 1 unspecified atom stereocenters. The van der Waals surface area contributed by atoms with Crippen LogP contribution in [0.4, 0.5) is 0 Å². The quantitative estimate of drug-likeness (QED) is 0.696. The van der Waals surface area contributed by atoms with E-state index in [1.54, 1.807) is 17.5 Å². The van der Waals surface area contributed by atoms with Gasteiger partial charge in [-0.05, 0) is 68.0 Å². The van der Waals surface area contributed by atoms with Crippen LogP contribution in [0.25, 0.3) is 0 Å². The maximum absolute atomic E-state index is 10.7. The van der Waals surface area contributed by atoms with Crippen LogP contribution in [0, 0.1) is 0 Å². The molecule has 0 bridgehead atoms. The summed E-state index contributed by atoms with van der Waals surface area (Å²) in [7, 11) is 4.03. The summed E-state index contributed by atoms with van der Waals surface area (Å²) in [4.78, 5) is 2.09. The zero-order valence-corrected chi connectivity index (χ0v) is 16.6. The molecule has 0 saturated carbocycles.